The molecule has 1 unspecified atom stereocenters. The Labute approximate surface area is 171 Å². The fraction of sp³-hybridized carbons (Fsp3) is 0.300. The maximum absolute atomic E-state index is 13.0. The smallest absolute Gasteiger partial charge is 0.339 e. The molecule has 3 aromatic rings. The van der Waals surface area contributed by atoms with E-state index < -0.39 is 17.6 Å². The first-order chi connectivity index (χ1) is 14.0. The molecule has 1 N–H and O–H groups in total. The van der Waals surface area contributed by atoms with Crippen molar-refractivity contribution in [2.75, 3.05) is 18.5 Å². The van der Waals surface area contributed by atoms with E-state index in [2.05, 4.69) is 10.3 Å². The van der Waals surface area contributed by atoms with Crippen LogP contribution in [0.3, 0.4) is 0 Å². The third-order valence-corrected chi connectivity index (χ3v) is 5.13. The van der Waals surface area contributed by atoms with E-state index in [9.17, 15) is 14.4 Å². The summed E-state index contributed by atoms with van der Waals surface area (Å²) in [5.41, 5.74) is 0.279. The van der Waals surface area contributed by atoms with Gasteiger partial charge in [-0.25, -0.2) is 9.78 Å². The first kappa shape index (κ1) is 20.5. The van der Waals surface area contributed by atoms with E-state index in [1.54, 1.807) is 43.5 Å². The van der Waals surface area contributed by atoms with Gasteiger partial charge >= 0.3 is 5.97 Å². The number of aromatic nitrogens is 2. The fourth-order valence-corrected chi connectivity index (χ4v) is 3.62. The van der Waals surface area contributed by atoms with Gasteiger partial charge in [0.05, 0.1) is 30.5 Å². The van der Waals surface area contributed by atoms with Crippen molar-refractivity contribution in [2.24, 2.45) is 0 Å². The Morgan fingerprint density at radius 1 is 1.21 bits per heavy atom. The van der Waals surface area contributed by atoms with Gasteiger partial charge in [0.2, 0.25) is 5.91 Å². The molecule has 0 aliphatic rings. The van der Waals surface area contributed by atoms with E-state index in [0.29, 0.717) is 22.9 Å². The van der Waals surface area contributed by atoms with Gasteiger partial charge in [0.1, 0.15) is 16.6 Å². The highest BCUT2D eigenvalue weighted by Crippen LogP contribution is 2.23. The van der Waals surface area contributed by atoms with Crippen molar-refractivity contribution >= 4 is 39.1 Å². The summed E-state index contributed by atoms with van der Waals surface area (Å²) in [5.74, 6) is -0.263. The molecular weight excluding hydrogens is 394 g/mol. The van der Waals surface area contributed by atoms with Gasteiger partial charge in [0, 0.05) is 11.1 Å². The van der Waals surface area contributed by atoms with Crippen LogP contribution in [-0.2, 0) is 9.53 Å². The molecule has 0 saturated heterocycles. The van der Waals surface area contributed by atoms with Crippen molar-refractivity contribution in [2.45, 2.75) is 26.8 Å². The van der Waals surface area contributed by atoms with Gasteiger partial charge in [-0.05, 0) is 45.0 Å². The molecule has 1 amide bonds. The second-order valence-corrected chi connectivity index (χ2v) is 6.99. The molecule has 0 bridgehead atoms. The fourth-order valence-electron chi connectivity index (χ4n) is 2.75. The van der Waals surface area contributed by atoms with Crippen molar-refractivity contribution in [1.82, 2.24) is 9.55 Å². The monoisotopic (exact) mass is 415 g/mol. The number of rotatable bonds is 7. The number of anilines is 1. The molecule has 8 nitrogen and oxygen atoms in total. The lowest BCUT2D eigenvalue weighted by Crippen LogP contribution is -2.32. The maximum Gasteiger partial charge on any atom is 0.339 e. The van der Waals surface area contributed by atoms with Crippen LogP contribution in [0.2, 0.25) is 0 Å². The van der Waals surface area contributed by atoms with E-state index in [-0.39, 0.29) is 23.5 Å². The Morgan fingerprint density at radius 2 is 1.93 bits per heavy atom. The molecule has 0 spiro atoms. The zero-order valence-corrected chi connectivity index (χ0v) is 17.1. The quantitative estimate of drug-likeness (QED) is 0.595. The number of amides is 1. The molecule has 0 radical (unpaired) electrons. The Hall–Kier alpha value is -3.20. The van der Waals surface area contributed by atoms with E-state index in [1.807, 2.05) is 6.92 Å². The number of hydrogen-bond donors (Lipinski definition) is 1. The summed E-state index contributed by atoms with van der Waals surface area (Å²) in [7, 11) is 0. The predicted molar refractivity (Wildman–Crippen MR) is 111 cm³/mol. The lowest BCUT2D eigenvalue weighted by atomic mass is 10.2. The summed E-state index contributed by atoms with van der Waals surface area (Å²) < 4.78 is 11.6. The molecule has 0 aliphatic carbocycles. The summed E-state index contributed by atoms with van der Waals surface area (Å²) in [4.78, 5) is 42.4. The van der Waals surface area contributed by atoms with Gasteiger partial charge in [0.25, 0.3) is 5.56 Å². The summed E-state index contributed by atoms with van der Waals surface area (Å²) >= 11 is 1.18. The lowest BCUT2D eigenvalue weighted by molar-refractivity contribution is -0.118. The minimum atomic E-state index is -0.832. The van der Waals surface area contributed by atoms with Gasteiger partial charge in [-0.3, -0.25) is 14.2 Å². The number of ether oxygens (including phenoxy) is 2. The van der Waals surface area contributed by atoms with Crippen molar-refractivity contribution < 1.29 is 19.1 Å². The molecule has 0 saturated carbocycles. The second kappa shape index (κ2) is 8.87. The van der Waals surface area contributed by atoms with Crippen LogP contribution in [0.25, 0.3) is 10.2 Å². The first-order valence-electron chi connectivity index (χ1n) is 9.15. The second-order valence-electron chi connectivity index (χ2n) is 6.13. The van der Waals surface area contributed by atoms with Gasteiger partial charge in [-0.2, -0.15) is 0 Å². The van der Waals surface area contributed by atoms with Crippen LogP contribution in [-0.4, -0.2) is 34.6 Å². The topological polar surface area (TPSA) is 99.5 Å². The predicted octanol–water partition coefficient (Wildman–Crippen LogP) is 3.23. The Kier molecular flexibility index (Phi) is 6.28. The van der Waals surface area contributed by atoms with Crippen LogP contribution in [0, 0.1) is 0 Å². The van der Waals surface area contributed by atoms with Crippen LogP contribution in [0.5, 0.6) is 5.75 Å². The van der Waals surface area contributed by atoms with E-state index in [1.165, 1.54) is 22.2 Å². The molecule has 0 fully saturated rings. The molecule has 2 heterocycles. The van der Waals surface area contributed by atoms with Crippen molar-refractivity contribution in [3.63, 3.8) is 0 Å². The van der Waals surface area contributed by atoms with Gasteiger partial charge in [-0.15, -0.1) is 11.3 Å². The van der Waals surface area contributed by atoms with Crippen LogP contribution in [0.1, 0.15) is 37.2 Å². The van der Waals surface area contributed by atoms with E-state index >= 15 is 0 Å². The number of carbonyl (C=O) groups is 2. The minimum absolute atomic E-state index is 0.164. The first-order valence-corrected chi connectivity index (χ1v) is 10.0. The SMILES string of the molecule is CCOC(=O)c1csc2ncn(C(C)C(=O)Nc3ccc(OCC)cc3)c(=O)c12. The molecule has 2 aromatic heterocycles. The molecule has 3 rings (SSSR count). The largest absolute Gasteiger partial charge is 0.494 e. The number of esters is 1. The minimum Gasteiger partial charge on any atom is -0.494 e. The third kappa shape index (κ3) is 4.29. The van der Waals surface area contributed by atoms with Crippen molar-refractivity contribution in [3.05, 3.63) is 51.9 Å². The highest BCUT2D eigenvalue weighted by molar-refractivity contribution is 7.17. The standard InChI is InChI=1S/C20H21N3O5S/c1-4-27-14-8-6-13(7-9-14)22-17(24)12(3)23-11-21-18-16(19(23)25)15(10-29-18)20(26)28-5-2/h6-12H,4-5H2,1-3H3,(H,22,24). The molecule has 1 atom stereocenters. The highest BCUT2D eigenvalue weighted by atomic mass is 32.1. The Balaban J connectivity index is 1.86. The maximum atomic E-state index is 13.0. The summed E-state index contributed by atoms with van der Waals surface area (Å²) in [6, 6.07) is 6.11. The van der Waals surface area contributed by atoms with Crippen LogP contribution < -0.4 is 15.6 Å². The molecule has 152 valence electrons. The number of nitrogens with zero attached hydrogens (tertiary/aromatic N) is 2. The van der Waals surface area contributed by atoms with E-state index in [0.717, 1.165) is 0 Å². The summed E-state index contributed by atoms with van der Waals surface area (Å²) in [5, 5.41) is 4.48. The number of nitrogens with one attached hydrogen (secondary N) is 1. The zero-order chi connectivity index (χ0) is 21.0. The van der Waals surface area contributed by atoms with Crippen molar-refractivity contribution in [3.8, 4) is 5.75 Å². The molecule has 29 heavy (non-hydrogen) atoms. The van der Waals surface area contributed by atoms with Crippen LogP contribution in [0.15, 0.2) is 40.8 Å². The van der Waals surface area contributed by atoms with Crippen LogP contribution in [0.4, 0.5) is 5.69 Å². The van der Waals surface area contributed by atoms with Gasteiger partial charge in [0.15, 0.2) is 0 Å². The number of hydrogen-bond acceptors (Lipinski definition) is 7. The highest BCUT2D eigenvalue weighted by Gasteiger charge is 2.22. The zero-order valence-electron chi connectivity index (χ0n) is 16.3. The number of benzene rings is 1. The molecule has 1 aromatic carbocycles. The Morgan fingerprint density at radius 3 is 2.59 bits per heavy atom. The third-order valence-electron chi connectivity index (χ3n) is 4.24. The molecule has 9 heteroatoms. The average Bonchev–Trinajstić information content (AvgIpc) is 3.15. The Bertz CT molecular complexity index is 1090. The number of thiophene rings is 1. The van der Waals surface area contributed by atoms with Gasteiger partial charge < -0.3 is 14.8 Å². The normalized spacial score (nSPS) is 11.8. The number of fused-ring (bicyclic) bond motifs is 1. The van der Waals surface area contributed by atoms with Gasteiger partial charge in [-0.1, -0.05) is 0 Å². The molecular formula is C20H21N3O5S. The lowest BCUT2D eigenvalue weighted by Gasteiger charge is -2.15. The van der Waals surface area contributed by atoms with Crippen molar-refractivity contribution in [1.29, 1.82) is 0 Å². The van der Waals surface area contributed by atoms with E-state index in [4.69, 9.17) is 9.47 Å². The molecule has 0 aliphatic heterocycles. The number of carbonyl (C=O) groups excluding carboxylic acids is 2. The average molecular weight is 415 g/mol. The summed E-state index contributed by atoms with van der Waals surface area (Å²) in [6.07, 6.45) is 1.32. The van der Waals surface area contributed by atoms with Crippen LogP contribution >= 0.6 is 11.3 Å². The summed E-state index contributed by atoms with van der Waals surface area (Å²) in [6.45, 7) is 5.93.